The van der Waals surface area contributed by atoms with Crippen molar-refractivity contribution in [3.8, 4) is 0 Å². The molecule has 9 heteroatoms. The predicted molar refractivity (Wildman–Crippen MR) is 127 cm³/mol. The van der Waals surface area contributed by atoms with Gasteiger partial charge in [-0.15, -0.1) is 0 Å². The molecule has 1 aliphatic rings. The monoisotopic (exact) mass is 484 g/mol. The summed E-state index contributed by atoms with van der Waals surface area (Å²) < 4.78 is 33.4. The van der Waals surface area contributed by atoms with Crippen LogP contribution in [0.4, 0.5) is 5.69 Å². The van der Waals surface area contributed by atoms with Gasteiger partial charge in [-0.25, -0.2) is 13.2 Å². The minimum absolute atomic E-state index is 0.00130. The molecule has 2 aromatic carbocycles. The van der Waals surface area contributed by atoms with E-state index in [0.717, 1.165) is 11.1 Å². The molecule has 2 heterocycles. The average Bonchev–Trinajstić information content (AvgIpc) is 3.43. The lowest BCUT2D eigenvalue weighted by molar-refractivity contribution is -0.133. The lowest BCUT2D eigenvalue weighted by atomic mass is 10.1. The zero-order chi connectivity index (χ0) is 23.6. The van der Waals surface area contributed by atoms with Crippen LogP contribution in [-0.4, -0.2) is 44.9 Å². The first-order valence-electron chi connectivity index (χ1n) is 10.4. The molecule has 4 rings (SSSR count). The Kier molecular flexibility index (Phi) is 6.53. The van der Waals surface area contributed by atoms with E-state index >= 15 is 0 Å². The summed E-state index contributed by atoms with van der Waals surface area (Å²) in [6, 6.07) is 14.8. The Hall–Kier alpha value is -3.17. The van der Waals surface area contributed by atoms with Gasteiger partial charge in [-0.1, -0.05) is 24.3 Å². The van der Waals surface area contributed by atoms with Crippen molar-refractivity contribution in [1.29, 1.82) is 0 Å². The van der Waals surface area contributed by atoms with E-state index in [1.807, 2.05) is 35.9 Å². The standard InChI is InChI=1S/C24H24N2O5S2/c1-17-12-19-6-3-4-9-22(19)26(17)33(29,30)21-8-5-7-20(13-21)24(28)31-15-23(27)25(2)14-18-10-11-32-16-18/h3-11,13,16-17H,12,14-15H2,1-2H3. The molecule has 0 N–H and O–H groups in total. The molecule has 33 heavy (non-hydrogen) atoms. The zero-order valence-corrected chi connectivity index (χ0v) is 19.9. The summed E-state index contributed by atoms with van der Waals surface area (Å²) in [5.74, 6) is -1.10. The van der Waals surface area contributed by atoms with Crippen LogP contribution in [0.2, 0.25) is 0 Å². The van der Waals surface area contributed by atoms with E-state index in [9.17, 15) is 18.0 Å². The third-order valence-corrected chi connectivity index (χ3v) is 8.18. The number of hydrogen-bond acceptors (Lipinski definition) is 6. The van der Waals surface area contributed by atoms with E-state index in [-0.39, 0.29) is 22.4 Å². The summed E-state index contributed by atoms with van der Waals surface area (Å²) >= 11 is 1.54. The van der Waals surface area contributed by atoms with Crippen LogP contribution in [0.15, 0.2) is 70.3 Å². The van der Waals surface area contributed by atoms with E-state index in [1.165, 1.54) is 33.5 Å². The molecule has 0 aliphatic carbocycles. The van der Waals surface area contributed by atoms with E-state index in [1.54, 1.807) is 30.5 Å². The number of hydrogen-bond donors (Lipinski definition) is 0. The van der Waals surface area contributed by atoms with Gasteiger partial charge in [-0.3, -0.25) is 9.10 Å². The quantitative estimate of drug-likeness (QED) is 0.478. The maximum atomic E-state index is 13.4. The van der Waals surface area contributed by atoms with Crippen molar-refractivity contribution in [1.82, 2.24) is 4.90 Å². The summed E-state index contributed by atoms with van der Waals surface area (Å²) in [6.07, 6.45) is 0.623. The molecule has 7 nitrogen and oxygen atoms in total. The Morgan fingerprint density at radius 1 is 1.15 bits per heavy atom. The number of nitrogens with zero attached hydrogens (tertiary/aromatic N) is 2. The van der Waals surface area contributed by atoms with Crippen molar-refractivity contribution in [2.75, 3.05) is 18.0 Å². The van der Waals surface area contributed by atoms with Crippen LogP contribution in [-0.2, 0) is 32.5 Å². The molecule has 0 saturated heterocycles. The highest BCUT2D eigenvalue weighted by atomic mass is 32.2. The number of likely N-dealkylation sites (N-methyl/N-ethyl adjacent to an activating group) is 1. The highest BCUT2D eigenvalue weighted by Crippen LogP contribution is 2.36. The molecule has 172 valence electrons. The number of anilines is 1. The Bertz CT molecular complexity index is 1270. The lowest BCUT2D eigenvalue weighted by Gasteiger charge is -2.24. The number of rotatable bonds is 7. The molecular weight excluding hydrogens is 460 g/mol. The summed E-state index contributed by atoms with van der Waals surface area (Å²) in [5, 5.41) is 3.87. The fraction of sp³-hybridized carbons (Fsp3) is 0.250. The van der Waals surface area contributed by atoms with E-state index in [4.69, 9.17) is 4.74 Å². The topological polar surface area (TPSA) is 84.0 Å². The Morgan fingerprint density at radius 2 is 1.94 bits per heavy atom. The van der Waals surface area contributed by atoms with Crippen LogP contribution in [0.25, 0.3) is 0 Å². The van der Waals surface area contributed by atoms with Gasteiger partial charge in [-0.05, 0) is 65.6 Å². The lowest BCUT2D eigenvalue weighted by Crippen LogP contribution is -2.35. The molecule has 1 unspecified atom stereocenters. The van der Waals surface area contributed by atoms with Crippen LogP contribution < -0.4 is 4.31 Å². The van der Waals surface area contributed by atoms with E-state index in [2.05, 4.69) is 0 Å². The third kappa shape index (κ3) is 4.79. The minimum Gasteiger partial charge on any atom is -0.452 e. The molecule has 0 saturated carbocycles. The van der Waals surface area contributed by atoms with Crippen LogP contribution in [0.3, 0.4) is 0 Å². The van der Waals surface area contributed by atoms with Gasteiger partial charge in [0.25, 0.3) is 15.9 Å². The van der Waals surface area contributed by atoms with Crippen molar-refractivity contribution in [2.24, 2.45) is 0 Å². The number of ether oxygens (including phenoxy) is 1. The zero-order valence-electron chi connectivity index (χ0n) is 18.3. The molecule has 1 aliphatic heterocycles. The van der Waals surface area contributed by atoms with Crippen molar-refractivity contribution in [3.63, 3.8) is 0 Å². The number of carbonyl (C=O) groups is 2. The number of fused-ring (bicyclic) bond motifs is 1. The van der Waals surface area contributed by atoms with Gasteiger partial charge in [0, 0.05) is 19.6 Å². The first-order valence-corrected chi connectivity index (χ1v) is 12.8. The predicted octanol–water partition coefficient (Wildman–Crippen LogP) is 3.70. The molecule has 0 spiro atoms. The number of benzene rings is 2. The largest absolute Gasteiger partial charge is 0.452 e. The van der Waals surface area contributed by atoms with Gasteiger partial charge in [0.05, 0.1) is 16.1 Å². The minimum atomic E-state index is -3.88. The van der Waals surface area contributed by atoms with Crippen molar-refractivity contribution >= 4 is 38.9 Å². The second-order valence-electron chi connectivity index (χ2n) is 7.97. The van der Waals surface area contributed by atoms with Gasteiger partial charge in [0.2, 0.25) is 0 Å². The first-order chi connectivity index (χ1) is 15.8. The smallest absolute Gasteiger partial charge is 0.338 e. The molecule has 0 bridgehead atoms. The summed E-state index contributed by atoms with van der Waals surface area (Å²) in [7, 11) is -2.24. The van der Waals surface area contributed by atoms with Gasteiger partial charge in [0.1, 0.15) is 0 Å². The number of carbonyl (C=O) groups excluding carboxylic acids is 2. The molecule has 1 aromatic heterocycles. The first kappa shape index (κ1) is 23.0. The second kappa shape index (κ2) is 9.36. The Balaban J connectivity index is 1.46. The number of para-hydroxylation sites is 1. The molecular formula is C24H24N2O5S2. The highest BCUT2D eigenvalue weighted by Gasteiger charge is 2.36. The molecule has 1 atom stereocenters. The van der Waals surface area contributed by atoms with E-state index < -0.39 is 22.6 Å². The molecule has 0 fully saturated rings. The van der Waals surface area contributed by atoms with Gasteiger partial charge >= 0.3 is 5.97 Å². The third-order valence-electron chi connectivity index (χ3n) is 5.52. The summed E-state index contributed by atoms with van der Waals surface area (Å²) in [4.78, 5) is 26.3. The van der Waals surface area contributed by atoms with E-state index in [0.29, 0.717) is 18.7 Å². The Morgan fingerprint density at radius 3 is 2.70 bits per heavy atom. The summed E-state index contributed by atoms with van der Waals surface area (Å²) in [5.41, 5.74) is 2.69. The van der Waals surface area contributed by atoms with Gasteiger partial charge < -0.3 is 9.64 Å². The van der Waals surface area contributed by atoms with Crippen molar-refractivity contribution in [3.05, 3.63) is 82.0 Å². The van der Waals surface area contributed by atoms with Gasteiger partial charge in [-0.2, -0.15) is 11.3 Å². The van der Waals surface area contributed by atoms with Crippen LogP contribution >= 0.6 is 11.3 Å². The molecule has 0 radical (unpaired) electrons. The van der Waals surface area contributed by atoms with Crippen LogP contribution in [0, 0.1) is 0 Å². The van der Waals surface area contributed by atoms with Crippen molar-refractivity contribution in [2.45, 2.75) is 30.8 Å². The van der Waals surface area contributed by atoms with Crippen LogP contribution in [0.1, 0.15) is 28.4 Å². The molecule has 1 amide bonds. The highest BCUT2D eigenvalue weighted by molar-refractivity contribution is 7.92. The number of esters is 1. The molecule has 3 aromatic rings. The normalized spacial score (nSPS) is 15.2. The maximum Gasteiger partial charge on any atom is 0.338 e. The number of amides is 1. The van der Waals surface area contributed by atoms with Crippen LogP contribution in [0.5, 0.6) is 0 Å². The fourth-order valence-corrected chi connectivity index (χ4v) is 6.26. The van der Waals surface area contributed by atoms with Gasteiger partial charge in [0.15, 0.2) is 6.61 Å². The fourth-order valence-electron chi connectivity index (χ4n) is 3.87. The number of thiophene rings is 1. The Labute approximate surface area is 197 Å². The SMILES string of the molecule is CC1Cc2ccccc2N1S(=O)(=O)c1cccc(C(=O)OCC(=O)N(C)Cc2ccsc2)c1. The van der Waals surface area contributed by atoms with Crippen molar-refractivity contribution < 1.29 is 22.7 Å². The average molecular weight is 485 g/mol. The summed E-state index contributed by atoms with van der Waals surface area (Å²) in [6.45, 7) is 1.85. The second-order valence-corrected chi connectivity index (χ2v) is 10.6. The number of sulfonamides is 1. The maximum absolute atomic E-state index is 13.4.